The van der Waals surface area contributed by atoms with Gasteiger partial charge in [0.25, 0.3) is 11.7 Å². The van der Waals surface area contributed by atoms with E-state index >= 15 is 0 Å². The molecule has 0 N–H and O–H groups in total. The van der Waals surface area contributed by atoms with Crippen molar-refractivity contribution >= 4 is 11.6 Å². The van der Waals surface area contributed by atoms with Crippen LogP contribution in [0.5, 0.6) is 11.5 Å². The normalized spacial score (nSPS) is 17.3. The van der Waals surface area contributed by atoms with Gasteiger partial charge in [-0.2, -0.15) is 0 Å². The molecular weight excluding hydrogens is 382 g/mol. The molecule has 0 atom stereocenters. The smallest absolute Gasteiger partial charge is 0.292 e. The van der Waals surface area contributed by atoms with Crippen molar-refractivity contribution < 1.29 is 23.7 Å². The number of rotatable bonds is 7. The number of amides is 1. The molecule has 6 nitrogen and oxygen atoms in total. The first kappa shape index (κ1) is 20.7. The fourth-order valence-electron chi connectivity index (χ4n) is 3.96. The van der Waals surface area contributed by atoms with E-state index in [4.69, 9.17) is 18.9 Å². The zero-order valence-corrected chi connectivity index (χ0v) is 17.9. The second-order valence-corrected chi connectivity index (χ2v) is 7.77. The number of carbonyl (C=O) groups excluding carboxylic acids is 1. The van der Waals surface area contributed by atoms with Gasteiger partial charge in [-0.25, -0.2) is 0 Å². The number of methoxy groups -OCH3 is 1. The van der Waals surface area contributed by atoms with Crippen molar-refractivity contribution in [1.82, 2.24) is 0 Å². The SMILES string of the molecule is CCCCOc1ccc(CN2C(=O)C3(OCCCO3)c3cc(C)ccc32)cc1OC. The van der Waals surface area contributed by atoms with Gasteiger partial charge in [-0.15, -0.1) is 0 Å². The van der Waals surface area contributed by atoms with Crippen LogP contribution in [0.15, 0.2) is 36.4 Å². The van der Waals surface area contributed by atoms with Crippen molar-refractivity contribution in [3.8, 4) is 11.5 Å². The van der Waals surface area contributed by atoms with Crippen molar-refractivity contribution in [3.05, 3.63) is 53.1 Å². The Kier molecular flexibility index (Phi) is 5.97. The number of unbranched alkanes of at least 4 members (excludes halogenated alkanes) is 1. The molecule has 1 saturated heterocycles. The van der Waals surface area contributed by atoms with Crippen LogP contribution in [0, 0.1) is 6.92 Å². The van der Waals surface area contributed by atoms with E-state index in [1.807, 2.05) is 43.3 Å². The molecule has 0 aliphatic carbocycles. The molecule has 30 heavy (non-hydrogen) atoms. The van der Waals surface area contributed by atoms with Gasteiger partial charge in [-0.05, 0) is 49.6 Å². The van der Waals surface area contributed by atoms with E-state index in [2.05, 4.69) is 6.92 Å². The van der Waals surface area contributed by atoms with Crippen LogP contribution in [0.2, 0.25) is 0 Å². The Balaban J connectivity index is 1.63. The first-order valence-electron chi connectivity index (χ1n) is 10.6. The summed E-state index contributed by atoms with van der Waals surface area (Å²) in [5.41, 5.74) is 3.63. The molecule has 1 fully saturated rings. The average Bonchev–Trinajstić information content (AvgIpc) is 2.97. The predicted molar refractivity (Wildman–Crippen MR) is 114 cm³/mol. The average molecular weight is 411 g/mol. The number of hydrogen-bond donors (Lipinski definition) is 0. The molecule has 2 aromatic rings. The minimum atomic E-state index is -1.33. The van der Waals surface area contributed by atoms with Crippen molar-refractivity contribution in [2.75, 3.05) is 31.8 Å². The van der Waals surface area contributed by atoms with Crippen LogP contribution < -0.4 is 14.4 Å². The summed E-state index contributed by atoms with van der Waals surface area (Å²) in [6, 6.07) is 11.8. The summed E-state index contributed by atoms with van der Waals surface area (Å²) in [7, 11) is 1.63. The Labute approximate surface area is 177 Å². The van der Waals surface area contributed by atoms with Crippen LogP contribution in [-0.4, -0.2) is 32.8 Å². The van der Waals surface area contributed by atoms with Gasteiger partial charge in [0.15, 0.2) is 11.5 Å². The van der Waals surface area contributed by atoms with Gasteiger partial charge in [-0.3, -0.25) is 4.79 Å². The van der Waals surface area contributed by atoms with E-state index in [9.17, 15) is 4.79 Å². The molecule has 0 unspecified atom stereocenters. The van der Waals surface area contributed by atoms with Crippen LogP contribution in [-0.2, 0) is 26.6 Å². The fraction of sp³-hybridized carbons (Fsp3) is 0.458. The Morgan fingerprint density at radius 3 is 2.63 bits per heavy atom. The first-order chi connectivity index (χ1) is 14.6. The number of anilines is 1. The predicted octanol–water partition coefficient (Wildman–Crippen LogP) is 4.32. The van der Waals surface area contributed by atoms with Crippen LogP contribution in [0.1, 0.15) is 42.9 Å². The number of aryl methyl sites for hydroxylation is 1. The molecule has 2 aromatic carbocycles. The highest BCUT2D eigenvalue weighted by Crippen LogP contribution is 2.46. The topological polar surface area (TPSA) is 57.2 Å². The zero-order valence-electron chi connectivity index (χ0n) is 17.9. The lowest BCUT2D eigenvalue weighted by atomic mass is 10.0. The molecule has 4 rings (SSSR count). The summed E-state index contributed by atoms with van der Waals surface area (Å²) in [5.74, 6) is -0.120. The van der Waals surface area contributed by atoms with E-state index in [1.54, 1.807) is 12.0 Å². The van der Waals surface area contributed by atoms with Gasteiger partial charge >= 0.3 is 0 Å². The molecule has 0 bridgehead atoms. The Morgan fingerprint density at radius 2 is 1.90 bits per heavy atom. The second kappa shape index (κ2) is 8.66. The molecule has 2 heterocycles. The van der Waals surface area contributed by atoms with Crippen LogP contribution in [0.25, 0.3) is 0 Å². The van der Waals surface area contributed by atoms with Crippen molar-refractivity contribution in [2.24, 2.45) is 0 Å². The fourth-order valence-corrected chi connectivity index (χ4v) is 3.96. The maximum atomic E-state index is 13.5. The first-order valence-corrected chi connectivity index (χ1v) is 10.6. The second-order valence-electron chi connectivity index (χ2n) is 7.77. The van der Waals surface area contributed by atoms with Crippen molar-refractivity contribution in [3.63, 3.8) is 0 Å². The molecular formula is C24H29NO5. The van der Waals surface area contributed by atoms with Gasteiger partial charge in [0.2, 0.25) is 0 Å². The molecule has 0 aromatic heterocycles. The molecule has 2 aliphatic rings. The minimum absolute atomic E-state index is 0.176. The third kappa shape index (κ3) is 3.66. The summed E-state index contributed by atoms with van der Waals surface area (Å²) in [4.78, 5) is 15.2. The highest BCUT2D eigenvalue weighted by atomic mass is 16.7. The van der Waals surface area contributed by atoms with E-state index in [0.29, 0.717) is 37.9 Å². The van der Waals surface area contributed by atoms with Gasteiger partial charge in [-0.1, -0.05) is 31.0 Å². The lowest BCUT2D eigenvalue weighted by Crippen LogP contribution is -2.47. The third-order valence-corrected chi connectivity index (χ3v) is 5.55. The molecule has 2 aliphatic heterocycles. The Hall–Kier alpha value is -2.57. The number of nitrogens with zero attached hydrogens (tertiary/aromatic N) is 1. The third-order valence-electron chi connectivity index (χ3n) is 5.55. The quantitative estimate of drug-likeness (QED) is 0.635. The summed E-state index contributed by atoms with van der Waals surface area (Å²) in [5, 5.41) is 0. The summed E-state index contributed by atoms with van der Waals surface area (Å²) in [6.07, 6.45) is 2.85. The number of fused-ring (bicyclic) bond motifs is 2. The van der Waals surface area contributed by atoms with Crippen molar-refractivity contribution in [1.29, 1.82) is 0 Å². The minimum Gasteiger partial charge on any atom is -0.493 e. The number of hydrogen-bond acceptors (Lipinski definition) is 5. The van der Waals surface area contributed by atoms with E-state index in [1.165, 1.54) is 0 Å². The maximum absolute atomic E-state index is 13.5. The van der Waals surface area contributed by atoms with Gasteiger partial charge in [0.1, 0.15) is 0 Å². The van der Waals surface area contributed by atoms with E-state index in [-0.39, 0.29) is 5.91 Å². The van der Waals surface area contributed by atoms with E-state index in [0.717, 1.165) is 41.6 Å². The lowest BCUT2D eigenvalue weighted by Gasteiger charge is -2.32. The van der Waals surface area contributed by atoms with Crippen molar-refractivity contribution in [2.45, 2.75) is 45.4 Å². The summed E-state index contributed by atoms with van der Waals surface area (Å²) < 4.78 is 23.3. The standard InChI is InChI=1S/C24H29NO5/c1-4-5-11-28-21-10-8-18(15-22(21)27-3)16-25-20-9-7-17(2)14-19(20)24(23(25)26)29-12-6-13-30-24/h7-10,14-15H,4-6,11-13,16H2,1-3H3. The number of carbonyl (C=O) groups is 1. The maximum Gasteiger partial charge on any atom is 0.292 e. The highest BCUT2D eigenvalue weighted by molar-refractivity contribution is 6.06. The summed E-state index contributed by atoms with van der Waals surface area (Å²) >= 11 is 0. The van der Waals surface area contributed by atoms with Crippen LogP contribution in [0.4, 0.5) is 5.69 Å². The Morgan fingerprint density at radius 1 is 1.10 bits per heavy atom. The van der Waals surface area contributed by atoms with Gasteiger partial charge in [0, 0.05) is 5.56 Å². The zero-order chi connectivity index (χ0) is 21.1. The molecule has 1 amide bonds. The molecule has 1 spiro atoms. The number of benzene rings is 2. The highest BCUT2D eigenvalue weighted by Gasteiger charge is 2.54. The number of ether oxygens (including phenoxy) is 4. The summed E-state index contributed by atoms with van der Waals surface area (Å²) in [6.45, 7) is 6.19. The van der Waals surface area contributed by atoms with Crippen LogP contribution >= 0.6 is 0 Å². The monoisotopic (exact) mass is 411 g/mol. The van der Waals surface area contributed by atoms with Gasteiger partial charge < -0.3 is 23.8 Å². The molecule has 0 radical (unpaired) electrons. The molecule has 6 heteroatoms. The lowest BCUT2D eigenvalue weighted by molar-refractivity contribution is -0.256. The van der Waals surface area contributed by atoms with E-state index < -0.39 is 5.79 Å². The largest absolute Gasteiger partial charge is 0.493 e. The Bertz CT molecular complexity index is 920. The molecule has 160 valence electrons. The van der Waals surface area contributed by atoms with Gasteiger partial charge in [0.05, 0.1) is 39.2 Å². The van der Waals surface area contributed by atoms with Crippen LogP contribution in [0.3, 0.4) is 0 Å². The molecule has 0 saturated carbocycles.